The fraction of sp³-hybridized carbons (Fsp3) is 0.455. The van der Waals surface area contributed by atoms with Crippen molar-refractivity contribution >= 4 is 33.1 Å². The van der Waals surface area contributed by atoms with Crippen LogP contribution in [0, 0.1) is 6.92 Å². The molecule has 0 aromatic carbocycles. The summed E-state index contributed by atoms with van der Waals surface area (Å²) in [6.45, 7) is 7.60. The standard InChI is InChI=1S/C11H15BrN2OS/c1-8-5-9(6-10(12)14-8)7-13-16(15)11(2,3)4/h5-7H,1-4H3/b13-7+. The zero-order valence-corrected chi connectivity index (χ0v) is 12.2. The number of nitrogens with zero attached hydrogens (tertiary/aromatic N) is 2. The van der Waals surface area contributed by atoms with Gasteiger partial charge in [0.05, 0.1) is 4.75 Å². The third-order valence-corrected chi connectivity index (χ3v) is 3.52. The van der Waals surface area contributed by atoms with E-state index in [1.165, 1.54) is 0 Å². The maximum atomic E-state index is 11.7. The van der Waals surface area contributed by atoms with Gasteiger partial charge >= 0.3 is 0 Å². The predicted octanol–water partition coefficient (Wildman–Crippen LogP) is 3.03. The van der Waals surface area contributed by atoms with Gasteiger partial charge in [0.25, 0.3) is 0 Å². The lowest BCUT2D eigenvalue weighted by Gasteiger charge is -2.12. The van der Waals surface area contributed by atoms with Crippen LogP contribution >= 0.6 is 15.9 Å². The summed E-state index contributed by atoms with van der Waals surface area (Å²) in [7, 11) is -1.22. The first-order valence-corrected chi connectivity index (χ1v) is 6.79. The Hall–Kier alpha value is -0.550. The van der Waals surface area contributed by atoms with E-state index in [-0.39, 0.29) is 4.75 Å². The van der Waals surface area contributed by atoms with Crippen LogP contribution < -0.4 is 0 Å². The molecular formula is C11H15BrN2OS. The lowest BCUT2D eigenvalue weighted by Crippen LogP contribution is -2.19. The van der Waals surface area contributed by atoms with Crippen molar-refractivity contribution in [3.05, 3.63) is 28.0 Å². The van der Waals surface area contributed by atoms with E-state index < -0.39 is 11.0 Å². The molecule has 0 N–H and O–H groups in total. The van der Waals surface area contributed by atoms with Crippen molar-refractivity contribution in [2.45, 2.75) is 32.4 Å². The monoisotopic (exact) mass is 302 g/mol. The van der Waals surface area contributed by atoms with Gasteiger partial charge in [-0.3, -0.25) is 0 Å². The van der Waals surface area contributed by atoms with E-state index in [9.17, 15) is 4.21 Å². The number of halogens is 1. The van der Waals surface area contributed by atoms with Crippen molar-refractivity contribution in [3.63, 3.8) is 0 Å². The molecular weight excluding hydrogens is 288 g/mol. The van der Waals surface area contributed by atoms with Gasteiger partial charge in [-0.05, 0) is 61.3 Å². The van der Waals surface area contributed by atoms with Crippen molar-refractivity contribution < 1.29 is 4.21 Å². The van der Waals surface area contributed by atoms with Crippen LogP contribution in [0.3, 0.4) is 0 Å². The first-order chi connectivity index (χ1) is 7.29. The van der Waals surface area contributed by atoms with E-state index in [0.29, 0.717) is 0 Å². The highest BCUT2D eigenvalue weighted by Gasteiger charge is 2.18. The topological polar surface area (TPSA) is 42.3 Å². The van der Waals surface area contributed by atoms with Crippen LogP contribution in [0.2, 0.25) is 0 Å². The van der Waals surface area contributed by atoms with Gasteiger partial charge < -0.3 is 0 Å². The Bertz CT molecular complexity index is 418. The Balaban J connectivity index is 2.89. The van der Waals surface area contributed by atoms with Crippen LogP contribution in [0.4, 0.5) is 0 Å². The number of pyridine rings is 1. The summed E-state index contributed by atoms with van der Waals surface area (Å²) in [6, 6.07) is 3.74. The second-order valence-corrected chi connectivity index (χ2v) is 7.21. The van der Waals surface area contributed by atoms with Crippen LogP contribution in [0.1, 0.15) is 32.0 Å². The quantitative estimate of drug-likeness (QED) is 0.622. The Morgan fingerprint density at radius 1 is 1.44 bits per heavy atom. The maximum absolute atomic E-state index is 11.7. The van der Waals surface area contributed by atoms with Crippen LogP contribution in [0.15, 0.2) is 21.1 Å². The van der Waals surface area contributed by atoms with Crippen molar-refractivity contribution in [2.24, 2.45) is 4.40 Å². The zero-order valence-electron chi connectivity index (χ0n) is 9.82. The summed E-state index contributed by atoms with van der Waals surface area (Å²) in [5, 5.41) is 0. The molecule has 16 heavy (non-hydrogen) atoms. The van der Waals surface area contributed by atoms with Gasteiger partial charge in [-0.25, -0.2) is 9.19 Å². The summed E-state index contributed by atoms with van der Waals surface area (Å²) in [6.07, 6.45) is 1.63. The van der Waals surface area contributed by atoms with Crippen LogP contribution in [0.5, 0.6) is 0 Å². The molecule has 0 fully saturated rings. The summed E-state index contributed by atoms with van der Waals surface area (Å²) >= 11 is 3.31. The highest BCUT2D eigenvalue weighted by molar-refractivity contribution is 9.10. The molecule has 3 nitrogen and oxygen atoms in total. The molecule has 88 valence electrons. The lowest BCUT2D eigenvalue weighted by atomic mass is 10.2. The minimum absolute atomic E-state index is 0.324. The zero-order chi connectivity index (χ0) is 12.3. The van der Waals surface area contributed by atoms with Crippen molar-refractivity contribution in [3.8, 4) is 0 Å². The third kappa shape index (κ3) is 4.14. The average molecular weight is 303 g/mol. The van der Waals surface area contributed by atoms with Gasteiger partial charge in [-0.1, -0.05) is 0 Å². The van der Waals surface area contributed by atoms with Gasteiger partial charge in [-0.15, -0.1) is 0 Å². The smallest absolute Gasteiger partial charge is 0.144 e. The molecule has 0 aliphatic carbocycles. The van der Waals surface area contributed by atoms with Gasteiger partial charge in [0.2, 0.25) is 0 Å². The molecule has 0 spiro atoms. The fourth-order valence-corrected chi connectivity index (χ4v) is 2.07. The van der Waals surface area contributed by atoms with E-state index in [0.717, 1.165) is 15.9 Å². The summed E-state index contributed by atoms with van der Waals surface area (Å²) < 4.78 is 16.2. The molecule has 1 atom stereocenters. The highest BCUT2D eigenvalue weighted by atomic mass is 79.9. The Kier molecular flexibility index (Phi) is 4.38. The van der Waals surface area contributed by atoms with Gasteiger partial charge in [-0.2, -0.15) is 4.40 Å². The molecule has 0 bridgehead atoms. The van der Waals surface area contributed by atoms with Gasteiger partial charge in [0, 0.05) is 11.9 Å². The molecule has 1 heterocycles. The van der Waals surface area contributed by atoms with Crippen molar-refractivity contribution in [1.29, 1.82) is 0 Å². The first-order valence-electron chi connectivity index (χ1n) is 4.89. The van der Waals surface area contributed by atoms with E-state index in [1.54, 1.807) is 6.21 Å². The molecule has 0 aliphatic heterocycles. The molecule has 1 rings (SSSR count). The van der Waals surface area contributed by atoms with Crippen molar-refractivity contribution in [2.75, 3.05) is 0 Å². The largest absolute Gasteiger partial charge is 0.246 e. The summed E-state index contributed by atoms with van der Waals surface area (Å²) in [5.41, 5.74) is 1.80. The highest BCUT2D eigenvalue weighted by Crippen LogP contribution is 2.13. The Labute approximate surface area is 107 Å². The van der Waals surface area contributed by atoms with Gasteiger partial charge in [0.1, 0.15) is 15.6 Å². The molecule has 5 heteroatoms. The number of hydrogen-bond donors (Lipinski definition) is 0. The molecule has 1 aromatic heterocycles. The summed E-state index contributed by atoms with van der Waals surface area (Å²) in [4.78, 5) is 4.19. The number of rotatable bonds is 2. The first kappa shape index (κ1) is 13.5. The Morgan fingerprint density at radius 3 is 2.56 bits per heavy atom. The van der Waals surface area contributed by atoms with E-state index in [2.05, 4.69) is 25.3 Å². The molecule has 0 saturated heterocycles. The molecule has 0 amide bonds. The van der Waals surface area contributed by atoms with Gasteiger partial charge in [0.15, 0.2) is 0 Å². The molecule has 0 aliphatic rings. The van der Waals surface area contributed by atoms with Crippen LogP contribution in [-0.4, -0.2) is 20.2 Å². The van der Waals surface area contributed by atoms with Crippen LogP contribution in [-0.2, 0) is 11.0 Å². The normalized spacial score (nSPS) is 14.3. The average Bonchev–Trinajstić information content (AvgIpc) is 2.11. The third-order valence-electron chi connectivity index (χ3n) is 1.77. The maximum Gasteiger partial charge on any atom is 0.144 e. The summed E-state index contributed by atoms with van der Waals surface area (Å²) in [5.74, 6) is 0. The van der Waals surface area contributed by atoms with Crippen molar-refractivity contribution in [1.82, 2.24) is 4.98 Å². The minimum atomic E-state index is -1.22. The van der Waals surface area contributed by atoms with E-state index >= 15 is 0 Å². The SMILES string of the molecule is Cc1cc(/C=N/S(=O)C(C)(C)C)cc(Br)n1. The van der Waals surface area contributed by atoms with Crippen LogP contribution in [0.25, 0.3) is 0 Å². The number of hydrogen-bond acceptors (Lipinski definition) is 2. The van der Waals surface area contributed by atoms with E-state index in [4.69, 9.17) is 0 Å². The molecule has 0 saturated carbocycles. The second kappa shape index (κ2) is 5.19. The molecule has 0 radical (unpaired) electrons. The fourth-order valence-electron chi connectivity index (χ4n) is 0.995. The van der Waals surface area contributed by atoms with E-state index in [1.807, 2.05) is 39.8 Å². The predicted molar refractivity (Wildman–Crippen MR) is 72.2 cm³/mol. The second-order valence-electron chi connectivity index (χ2n) is 4.46. The lowest BCUT2D eigenvalue weighted by molar-refractivity contribution is 0.651. The molecule has 1 aromatic rings. The molecule has 1 unspecified atom stereocenters. The number of aryl methyl sites for hydroxylation is 1. The Morgan fingerprint density at radius 2 is 2.06 bits per heavy atom. The number of aromatic nitrogens is 1. The minimum Gasteiger partial charge on any atom is -0.246 e.